The number of halogens is 3. The predicted molar refractivity (Wildman–Crippen MR) is 84.8 cm³/mol. The van der Waals surface area contributed by atoms with E-state index in [4.69, 9.17) is 23.2 Å². The first-order valence-electron chi connectivity index (χ1n) is 5.63. The fraction of sp³-hybridized carbons (Fsp3) is 0. The number of aromatic nitrogens is 3. The topological polar surface area (TPSA) is 50.7 Å². The number of anilines is 2. The molecule has 0 saturated heterocycles. The Balaban J connectivity index is 2.09. The van der Waals surface area contributed by atoms with Gasteiger partial charge in [0.05, 0.1) is 17.4 Å². The molecule has 0 spiro atoms. The first kappa shape index (κ1) is 13.5. The van der Waals surface area contributed by atoms with Gasteiger partial charge in [-0.2, -0.15) is 4.98 Å². The number of nitrogens with zero attached hydrogens (tertiary/aromatic N) is 3. The number of hydrogen-bond acceptors (Lipinski definition) is 4. The van der Waals surface area contributed by atoms with Crippen LogP contribution in [0.4, 0.5) is 11.5 Å². The van der Waals surface area contributed by atoms with Crippen LogP contribution in [0, 0.1) is 0 Å². The lowest BCUT2D eigenvalue weighted by molar-refractivity contribution is 1.17. The Kier molecular flexibility index (Phi) is 3.74. The molecule has 0 bridgehead atoms. The van der Waals surface area contributed by atoms with Gasteiger partial charge in [-0.1, -0.05) is 23.7 Å². The van der Waals surface area contributed by atoms with E-state index in [1.807, 2.05) is 24.3 Å². The molecule has 4 nitrogen and oxygen atoms in total. The quantitative estimate of drug-likeness (QED) is 0.656. The molecular weight excluding hydrogens is 363 g/mol. The van der Waals surface area contributed by atoms with Gasteiger partial charge < -0.3 is 5.32 Å². The number of hydrogen-bond donors (Lipinski definition) is 1. The second kappa shape index (κ2) is 5.52. The smallest absolute Gasteiger partial charge is 0.224 e. The molecule has 0 saturated carbocycles. The highest BCUT2D eigenvalue weighted by atomic mass is 79.9. The van der Waals surface area contributed by atoms with Gasteiger partial charge in [0.15, 0.2) is 5.82 Å². The van der Waals surface area contributed by atoms with Crippen molar-refractivity contribution < 1.29 is 0 Å². The van der Waals surface area contributed by atoms with E-state index in [-0.39, 0.29) is 5.28 Å². The summed E-state index contributed by atoms with van der Waals surface area (Å²) in [6.45, 7) is 0. The number of nitrogens with one attached hydrogen (secondary N) is 1. The standard InChI is InChI=1S/C13H7BrCl2N4/c14-8-4-7-2-1-3-10(11(7)17-5-8)19-12-9(15)6-18-13(16)20-12/h1-6H,(H,18,19,20). The molecular formula is C13H7BrCl2N4. The lowest BCUT2D eigenvalue weighted by atomic mass is 10.2. The van der Waals surface area contributed by atoms with Crippen molar-refractivity contribution >= 4 is 61.5 Å². The van der Waals surface area contributed by atoms with Crippen molar-refractivity contribution in [2.45, 2.75) is 0 Å². The first-order valence-corrected chi connectivity index (χ1v) is 7.18. The summed E-state index contributed by atoms with van der Waals surface area (Å²) in [4.78, 5) is 12.3. The number of para-hydroxylation sites is 1. The molecule has 0 amide bonds. The molecule has 7 heteroatoms. The van der Waals surface area contributed by atoms with Crippen LogP contribution in [0.15, 0.2) is 41.1 Å². The Morgan fingerprint density at radius 3 is 2.80 bits per heavy atom. The Labute approximate surface area is 133 Å². The highest BCUT2D eigenvalue weighted by Gasteiger charge is 2.08. The van der Waals surface area contributed by atoms with Crippen LogP contribution in [-0.2, 0) is 0 Å². The van der Waals surface area contributed by atoms with Gasteiger partial charge in [0.25, 0.3) is 0 Å². The van der Waals surface area contributed by atoms with Crippen LogP contribution in [0.3, 0.4) is 0 Å². The lowest BCUT2D eigenvalue weighted by Crippen LogP contribution is -1.97. The first-order chi connectivity index (χ1) is 9.63. The van der Waals surface area contributed by atoms with Crippen molar-refractivity contribution in [2.75, 3.05) is 5.32 Å². The van der Waals surface area contributed by atoms with Crippen LogP contribution in [0.25, 0.3) is 10.9 Å². The van der Waals surface area contributed by atoms with E-state index < -0.39 is 0 Å². The zero-order valence-electron chi connectivity index (χ0n) is 9.94. The zero-order chi connectivity index (χ0) is 14.1. The molecule has 0 aliphatic heterocycles. The van der Waals surface area contributed by atoms with Gasteiger partial charge >= 0.3 is 0 Å². The third kappa shape index (κ3) is 2.70. The number of rotatable bonds is 2. The van der Waals surface area contributed by atoms with Crippen molar-refractivity contribution in [2.24, 2.45) is 0 Å². The maximum atomic E-state index is 6.05. The molecule has 0 atom stereocenters. The van der Waals surface area contributed by atoms with E-state index in [2.05, 4.69) is 36.2 Å². The minimum atomic E-state index is 0.132. The zero-order valence-corrected chi connectivity index (χ0v) is 13.0. The molecule has 1 aromatic carbocycles. The van der Waals surface area contributed by atoms with Gasteiger partial charge in [0.1, 0.15) is 5.02 Å². The van der Waals surface area contributed by atoms with Gasteiger partial charge in [-0.15, -0.1) is 0 Å². The number of benzene rings is 1. The van der Waals surface area contributed by atoms with E-state index in [0.29, 0.717) is 10.8 Å². The second-order valence-corrected chi connectivity index (χ2v) is 5.65. The van der Waals surface area contributed by atoms with Gasteiger partial charge in [-0.3, -0.25) is 4.98 Å². The third-order valence-corrected chi connectivity index (χ3v) is 3.54. The normalized spacial score (nSPS) is 10.8. The largest absolute Gasteiger partial charge is 0.337 e. The summed E-state index contributed by atoms with van der Waals surface area (Å²) in [5, 5.41) is 4.66. The summed E-state index contributed by atoms with van der Waals surface area (Å²) in [6.07, 6.45) is 3.19. The molecule has 3 aromatic rings. The molecule has 0 aliphatic carbocycles. The van der Waals surface area contributed by atoms with Gasteiger partial charge in [-0.25, -0.2) is 4.98 Å². The summed E-state index contributed by atoms with van der Waals surface area (Å²) in [5.41, 5.74) is 1.62. The third-order valence-electron chi connectivity index (χ3n) is 2.65. The Morgan fingerprint density at radius 1 is 1.10 bits per heavy atom. The van der Waals surface area contributed by atoms with Crippen molar-refractivity contribution in [3.05, 3.63) is 51.4 Å². The average Bonchev–Trinajstić information content (AvgIpc) is 2.43. The van der Waals surface area contributed by atoms with E-state index in [1.165, 1.54) is 6.20 Å². The minimum absolute atomic E-state index is 0.132. The van der Waals surface area contributed by atoms with Crippen molar-refractivity contribution in [3.63, 3.8) is 0 Å². The second-order valence-electron chi connectivity index (χ2n) is 3.99. The van der Waals surface area contributed by atoms with Crippen LogP contribution in [0.2, 0.25) is 10.3 Å². The molecule has 0 radical (unpaired) electrons. The highest BCUT2D eigenvalue weighted by Crippen LogP contribution is 2.29. The fourth-order valence-corrected chi connectivity index (χ4v) is 2.42. The Bertz CT molecular complexity index is 794. The predicted octanol–water partition coefficient (Wildman–Crippen LogP) is 4.84. The number of fused-ring (bicyclic) bond motifs is 1. The van der Waals surface area contributed by atoms with Crippen molar-refractivity contribution in [1.29, 1.82) is 0 Å². The Hall–Kier alpha value is -1.43. The molecule has 20 heavy (non-hydrogen) atoms. The van der Waals surface area contributed by atoms with E-state index in [9.17, 15) is 0 Å². The highest BCUT2D eigenvalue weighted by molar-refractivity contribution is 9.10. The maximum absolute atomic E-state index is 6.05. The van der Waals surface area contributed by atoms with Crippen molar-refractivity contribution in [1.82, 2.24) is 15.0 Å². The molecule has 3 rings (SSSR count). The lowest BCUT2D eigenvalue weighted by Gasteiger charge is -2.09. The average molecular weight is 370 g/mol. The minimum Gasteiger partial charge on any atom is -0.337 e. The summed E-state index contributed by atoms with van der Waals surface area (Å²) >= 11 is 15.2. The van der Waals surface area contributed by atoms with Crippen LogP contribution < -0.4 is 5.32 Å². The van der Waals surface area contributed by atoms with Crippen molar-refractivity contribution in [3.8, 4) is 0 Å². The molecule has 0 aliphatic rings. The van der Waals surface area contributed by atoms with Crippen LogP contribution in [0.5, 0.6) is 0 Å². The molecule has 100 valence electrons. The van der Waals surface area contributed by atoms with Crippen LogP contribution in [0.1, 0.15) is 0 Å². The van der Waals surface area contributed by atoms with E-state index in [1.54, 1.807) is 6.20 Å². The molecule has 1 N–H and O–H groups in total. The Morgan fingerprint density at radius 2 is 1.95 bits per heavy atom. The monoisotopic (exact) mass is 368 g/mol. The van der Waals surface area contributed by atoms with Gasteiger partial charge in [0.2, 0.25) is 5.28 Å². The van der Waals surface area contributed by atoms with E-state index in [0.717, 1.165) is 21.1 Å². The number of pyridine rings is 1. The van der Waals surface area contributed by atoms with Crippen LogP contribution >= 0.6 is 39.1 Å². The maximum Gasteiger partial charge on any atom is 0.224 e. The summed E-state index contributed by atoms with van der Waals surface area (Å²) in [6, 6.07) is 7.79. The van der Waals surface area contributed by atoms with Gasteiger partial charge in [0, 0.05) is 16.1 Å². The van der Waals surface area contributed by atoms with Gasteiger partial charge in [-0.05, 0) is 39.7 Å². The van der Waals surface area contributed by atoms with Crippen LogP contribution in [-0.4, -0.2) is 15.0 Å². The SMILES string of the molecule is Clc1ncc(Cl)c(Nc2cccc3cc(Br)cnc23)n1. The molecule has 2 heterocycles. The summed E-state index contributed by atoms with van der Waals surface area (Å²) in [5.74, 6) is 0.448. The van der Waals surface area contributed by atoms with E-state index >= 15 is 0 Å². The fourth-order valence-electron chi connectivity index (χ4n) is 1.80. The summed E-state index contributed by atoms with van der Waals surface area (Å²) in [7, 11) is 0. The molecule has 2 aromatic heterocycles. The molecule has 0 fully saturated rings. The summed E-state index contributed by atoms with van der Waals surface area (Å²) < 4.78 is 0.922. The molecule has 0 unspecified atom stereocenters.